The van der Waals surface area contributed by atoms with Crippen molar-refractivity contribution in [1.82, 2.24) is 19.9 Å². The lowest BCUT2D eigenvalue weighted by molar-refractivity contribution is 0.158. The van der Waals surface area contributed by atoms with E-state index in [0.717, 1.165) is 37.1 Å². The summed E-state index contributed by atoms with van der Waals surface area (Å²) >= 11 is 0. The number of piperidine rings is 1. The Balaban J connectivity index is 1.76. The Labute approximate surface area is 106 Å². The van der Waals surface area contributed by atoms with Crippen LogP contribution in [0.2, 0.25) is 0 Å². The summed E-state index contributed by atoms with van der Waals surface area (Å²) in [6, 6.07) is 0.354. The van der Waals surface area contributed by atoms with E-state index in [1.807, 2.05) is 12.4 Å². The average molecular weight is 245 g/mol. The van der Waals surface area contributed by atoms with Crippen molar-refractivity contribution >= 4 is 11.0 Å². The third-order valence-corrected chi connectivity index (χ3v) is 3.89. The average Bonchev–Trinajstić information content (AvgIpc) is 2.78. The Kier molecular flexibility index (Phi) is 3.01. The van der Waals surface area contributed by atoms with E-state index >= 15 is 0 Å². The summed E-state index contributed by atoms with van der Waals surface area (Å²) in [6.07, 6.45) is 6.58. The third-order valence-electron chi connectivity index (χ3n) is 3.89. The maximum atomic E-state index is 6.05. The lowest BCUT2D eigenvalue weighted by atomic mass is 9.94. The first-order valence-electron chi connectivity index (χ1n) is 6.48. The highest BCUT2D eigenvalue weighted by molar-refractivity contribution is 5.78. The molecule has 1 aliphatic rings. The normalized spacial score (nSPS) is 25.7. The molecule has 0 spiro atoms. The molecule has 1 aliphatic heterocycles. The van der Waals surface area contributed by atoms with Gasteiger partial charge in [-0.05, 0) is 24.4 Å². The molecule has 0 bridgehead atoms. The largest absolute Gasteiger partial charge is 0.346 e. The van der Waals surface area contributed by atoms with Gasteiger partial charge in [0.25, 0.3) is 0 Å². The first-order valence-corrected chi connectivity index (χ1v) is 6.48. The minimum Gasteiger partial charge on any atom is -0.346 e. The number of aromatic nitrogens is 3. The van der Waals surface area contributed by atoms with Gasteiger partial charge in [0, 0.05) is 36.9 Å². The fourth-order valence-electron chi connectivity index (χ4n) is 2.68. The molecule has 3 heterocycles. The number of hydrogen-bond donors (Lipinski definition) is 2. The van der Waals surface area contributed by atoms with Gasteiger partial charge in [0.1, 0.15) is 12.0 Å². The van der Waals surface area contributed by atoms with Gasteiger partial charge in [0.15, 0.2) is 0 Å². The zero-order chi connectivity index (χ0) is 12.5. The van der Waals surface area contributed by atoms with Gasteiger partial charge >= 0.3 is 0 Å². The number of nitrogens with zero attached hydrogens (tertiary/aromatic N) is 3. The summed E-state index contributed by atoms with van der Waals surface area (Å²) in [5.41, 5.74) is 8.24. The summed E-state index contributed by atoms with van der Waals surface area (Å²) in [6.45, 7) is 5.33. The highest BCUT2D eigenvalue weighted by Crippen LogP contribution is 2.21. The smallest absolute Gasteiger partial charge is 0.140 e. The van der Waals surface area contributed by atoms with E-state index in [4.69, 9.17) is 5.73 Å². The van der Waals surface area contributed by atoms with Gasteiger partial charge in [-0.3, -0.25) is 4.90 Å². The quantitative estimate of drug-likeness (QED) is 0.832. The molecule has 0 aliphatic carbocycles. The molecule has 2 unspecified atom stereocenters. The SMILES string of the molecule is CC1CN(Cc2c[nH]c3ncncc23)CCC1N. The summed E-state index contributed by atoms with van der Waals surface area (Å²) in [4.78, 5) is 14.0. The second-order valence-corrected chi connectivity index (χ2v) is 5.26. The summed E-state index contributed by atoms with van der Waals surface area (Å²) in [7, 11) is 0. The van der Waals surface area contributed by atoms with Crippen LogP contribution in [0.1, 0.15) is 18.9 Å². The summed E-state index contributed by atoms with van der Waals surface area (Å²) in [5, 5.41) is 1.13. The Morgan fingerprint density at radius 1 is 1.56 bits per heavy atom. The molecule has 1 fully saturated rings. The van der Waals surface area contributed by atoms with Crippen LogP contribution in [-0.4, -0.2) is 39.0 Å². The van der Waals surface area contributed by atoms with Gasteiger partial charge in [-0.2, -0.15) is 0 Å². The van der Waals surface area contributed by atoms with Gasteiger partial charge < -0.3 is 10.7 Å². The molecular formula is C13H19N5. The van der Waals surface area contributed by atoms with Gasteiger partial charge in [0.2, 0.25) is 0 Å². The standard InChI is InChI=1S/C13H19N5/c1-9-6-18(3-2-12(9)14)7-10-4-16-13-11(10)5-15-8-17-13/h4-5,8-9,12H,2-3,6-7,14H2,1H3,(H,15,16,17). The molecule has 2 aromatic heterocycles. The van der Waals surface area contributed by atoms with Crippen LogP contribution in [0.15, 0.2) is 18.7 Å². The summed E-state index contributed by atoms with van der Waals surface area (Å²) in [5.74, 6) is 0.570. The molecule has 0 aromatic carbocycles. The van der Waals surface area contributed by atoms with E-state index in [9.17, 15) is 0 Å². The van der Waals surface area contributed by atoms with Crippen molar-refractivity contribution in [3.05, 3.63) is 24.3 Å². The minimum absolute atomic E-state index is 0.354. The molecule has 1 saturated heterocycles. The van der Waals surface area contributed by atoms with E-state index in [1.165, 1.54) is 5.56 Å². The van der Waals surface area contributed by atoms with Crippen LogP contribution < -0.4 is 5.73 Å². The lowest BCUT2D eigenvalue weighted by Crippen LogP contribution is -2.45. The number of fused-ring (bicyclic) bond motifs is 1. The number of rotatable bonds is 2. The van der Waals surface area contributed by atoms with Crippen molar-refractivity contribution in [3.8, 4) is 0 Å². The molecular weight excluding hydrogens is 226 g/mol. The van der Waals surface area contributed by atoms with Gasteiger partial charge in [-0.1, -0.05) is 6.92 Å². The molecule has 2 aromatic rings. The van der Waals surface area contributed by atoms with Crippen LogP contribution in [0, 0.1) is 5.92 Å². The molecule has 3 rings (SSSR count). The molecule has 2 atom stereocenters. The predicted octanol–water partition coefficient (Wildman–Crippen LogP) is 1.13. The van der Waals surface area contributed by atoms with Crippen molar-refractivity contribution in [2.24, 2.45) is 11.7 Å². The highest BCUT2D eigenvalue weighted by atomic mass is 15.1. The second-order valence-electron chi connectivity index (χ2n) is 5.26. The van der Waals surface area contributed by atoms with Crippen molar-refractivity contribution < 1.29 is 0 Å². The van der Waals surface area contributed by atoms with Crippen molar-refractivity contribution in [3.63, 3.8) is 0 Å². The summed E-state index contributed by atoms with van der Waals surface area (Å²) < 4.78 is 0. The molecule has 0 amide bonds. The third kappa shape index (κ3) is 2.11. The molecule has 5 heteroatoms. The predicted molar refractivity (Wildman–Crippen MR) is 70.9 cm³/mol. The zero-order valence-electron chi connectivity index (χ0n) is 10.6. The number of likely N-dealkylation sites (tertiary alicyclic amines) is 1. The van der Waals surface area contributed by atoms with Crippen LogP contribution in [0.3, 0.4) is 0 Å². The molecule has 96 valence electrons. The number of hydrogen-bond acceptors (Lipinski definition) is 4. The molecule has 0 radical (unpaired) electrons. The monoisotopic (exact) mass is 245 g/mol. The Morgan fingerprint density at radius 3 is 3.28 bits per heavy atom. The van der Waals surface area contributed by atoms with Gasteiger partial charge in [-0.15, -0.1) is 0 Å². The zero-order valence-corrected chi connectivity index (χ0v) is 10.6. The lowest BCUT2D eigenvalue weighted by Gasteiger charge is -2.34. The van der Waals surface area contributed by atoms with E-state index in [2.05, 4.69) is 26.8 Å². The van der Waals surface area contributed by atoms with Crippen LogP contribution in [-0.2, 0) is 6.54 Å². The second kappa shape index (κ2) is 4.66. The van der Waals surface area contributed by atoms with Gasteiger partial charge in [0.05, 0.1) is 0 Å². The maximum absolute atomic E-state index is 6.05. The van der Waals surface area contributed by atoms with Gasteiger partial charge in [-0.25, -0.2) is 9.97 Å². The molecule has 18 heavy (non-hydrogen) atoms. The first-order chi connectivity index (χ1) is 8.74. The van der Waals surface area contributed by atoms with Crippen molar-refractivity contribution in [2.75, 3.05) is 13.1 Å². The number of aromatic amines is 1. The van der Waals surface area contributed by atoms with Crippen LogP contribution in [0.5, 0.6) is 0 Å². The highest BCUT2D eigenvalue weighted by Gasteiger charge is 2.23. The van der Waals surface area contributed by atoms with Crippen molar-refractivity contribution in [1.29, 1.82) is 0 Å². The first kappa shape index (κ1) is 11.6. The topological polar surface area (TPSA) is 70.8 Å². The number of H-pyrrole nitrogens is 1. The Hall–Kier alpha value is -1.46. The fraction of sp³-hybridized carbons (Fsp3) is 0.538. The van der Waals surface area contributed by atoms with E-state index < -0.39 is 0 Å². The maximum Gasteiger partial charge on any atom is 0.140 e. The Bertz CT molecular complexity index is 535. The van der Waals surface area contributed by atoms with E-state index in [1.54, 1.807) is 6.33 Å². The van der Waals surface area contributed by atoms with Crippen molar-refractivity contribution in [2.45, 2.75) is 25.9 Å². The number of nitrogens with two attached hydrogens (primary N) is 1. The molecule has 3 N–H and O–H groups in total. The molecule has 0 saturated carbocycles. The van der Waals surface area contributed by atoms with E-state index in [0.29, 0.717) is 12.0 Å². The fourth-order valence-corrected chi connectivity index (χ4v) is 2.68. The van der Waals surface area contributed by atoms with E-state index in [-0.39, 0.29) is 0 Å². The molecule has 5 nitrogen and oxygen atoms in total. The minimum atomic E-state index is 0.354. The number of nitrogens with one attached hydrogen (secondary N) is 1. The Morgan fingerprint density at radius 2 is 2.44 bits per heavy atom. The van der Waals surface area contributed by atoms with Crippen LogP contribution in [0.4, 0.5) is 0 Å². The van der Waals surface area contributed by atoms with Crippen LogP contribution >= 0.6 is 0 Å². The van der Waals surface area contributed by atoms with Crippen LogP contribution in [0.25, 0.3) is 11.0 Å².